The molecule has 110 valence electrons. The zero-order chi connectivity index (χ0) is 14.8. The molecule has 1 aromatic heterocycles. The van der Waals surface area contributed by atoms with Crippen LogP contribution in [-0.2, 0) is 0 Å². The molecule has 1 aliphatic heterocycles. The first-order valence-electron chi connectivity index (χ1n) is 6.74. The van der Waals surface area contributed by atoms with E-state index >= 15 is 0 Å². The molecule has 1 aliphatic rings. The number of hydrogen-bond donors (Lipinski definition) is 1. The smallest absolute Gasteiger partial charge is 0.154 e. The van der Waals surface area contributed by atoms with Crippen molar-refractivity contribution in [3.8, 4) is 5.75 Å². The van der Waals surface area contributed by atoms with Crippen LogP contribution >= 0.6 is 23.2 Å². The molecule has 0 amide bonds. The molecule has 0 fully saturated rings. The van der Waals surface area contributed by atoms with E-state index in [0.717, 1.165) is 24.4 Å². The van der Waals surface area contributed by atoms with E-state index in [4.69, 9.17) is 27.9 Å². The topological polar surface area (TPSA) is 37.4 Å². The Hall–Kier alpha value is -1.65. The summed E-state index contributed by atoms with van der Waals surface area (Å²) in [4.78, 5) is 6.62. The number of pyridine rings is 1. The van der Waals surface area contributed by atoms with Crippen LogP contribution in [-0.4, -0.2) is 25.2 Å². The quantitative estimate of drug-likeness (QED) is 0.891. The van der Waals surface area contributed by atoms with Crippen molar-refractivity contribution in [2.45, 2.75) is 6.42 Å². The van der Waals surface area contributed by atoms with Crippen LogP contribution in [0.3, 0.4) is 0 Å². The van der Waals surface area contributed by atoms with E-state index in [1.165, 1.54) is 0 Å². The number of aromatic nitrogens is 1. The second kappa shape index (κ2) is 6.00. The van der Waals surface area contributed by atoms with E-state index in [1.807, 2.05) is 24.3 Å². The van der Waals surface area contributed by atoms with Crippen LogP contribution in [0, 0.1) is 0 Å². The van der Waals surface area contributed by atoms with Gasteiger partial charge >= 0.3 is 0 Å². The minimum Gasteiger partial charge on any atom is -0.491 e. The Kier molecular flexibility index (Phi) is 4.08. The van der Waals surface area contributed by atoms with Gasteiger partial charge < -0.3 is 15.0 Å². The molecular weight excluding hydrogens is 309 g/mol. The first-order chi connectivity index (χ1) is 10.2. The molecule has 1 N–H and O–H groups in total. The van der Waals surface area contributed by atoms with Gasteiger partial charge in [0.25, 0.3) is 0 Å². The largest absolute Gasteiger partial charge is 0.491 e. The molecule has 0 bridgehead atoms. The average molecular weight is 324 g/mol. The Morgan fingerprint density at radius 1 is 1.24 bits per heavy atom. The molecule has 0 radical (unpaired) electrons. The Morgan fingerprint density at radius 2 is 2.05 bits per heavy atom. The summed E-state index contributed by atoms with van der Waals surface area (Å²) >= 11 is 12.5. The van der Waals surface area contributed by atoms with Crippen molar-refractivity contribution in [1.82, 2.24) is 4.98 Å². The van der Waals surface area contributed by atoms with E-state index < -0.39 is 0 Å². The fourth-order valence-corrected chi connectivity index (χ4v) is 2.92. The van der Waals surface area contributed by atoms with Gasteiger partial charge in [0.2, 0.25) is 0 Å². The van der Waals surface area contributed by atoms with Gasteiger partial charge in [-0.15, -0.1) is 0 Å². The third-order valence-corrected chi connectivity index (χ3v) is 3.91. The summed E-state index contributed by atoms with van der Waals surface area (Å²) in [6, 6.07) is 9.61. The highest BCUT2D eigenvalue weighted by atomic mass is 35.5. The lowest BCUT2D eigenvalue weighted by Crippen LogP contribution is -2.19. The van der Waals surface area contributed by atoms with Crippen molar-refractivity contribution in [3.63, 3.8) is 0 Å². The minimum absolute atomic E-state index is 0.505. The van der Waals surface area contributed by atoms with Crippen LogP contribution in [0.15, 0.2) is 30.3 Å². The number of ether oxygens (including phenoxy) is 1. The normalized spacial score (nSPS) is 14.1. The summed E-state index contributed by atoms with van der Waals surface area (Å²) in [7, 11) is 1.78. The van der Waals surface area contributed by atoms with Crippen LogP contribution in [0.25, 0.3) is 0 Å². The van der Waals surface area contributed by atoms with Crippen molar-refractivity contribution in [2.75, 3.05) is 30.4 Å². The lowest BCUT2D eigenvalue weighted by Gasteiger charge is -2.24. The summed E-state index contributed by atoms with van der Waals surface area (Å²) in [6.45, 7) is 1.46. The van der Waals surface area contributed by atoms with E-state index in [1.54, 1.807) is 13.1 Å². The van der Waals surface area contributed by atoms with Gasteiger partial charge in [0.15, 0.2) is 5.82 Å². The zero-order valence-corrected chi connectivity index (χ0v) is 13.1. The number of nitrogens with zero attached hydrogens (tertiary/aromatic N) is 2. The number of anilines is 3. The van der Waals surface area contributed by atoms with Crippen LogP contribution in [0.5, 0.6) is 5.75 Å². The van der Waals surface area contributed by atoms with Crippen molar-refractivity contribution in [2.24, 2.45) is 0 Å². The molecule has 0 aliphatic carbocycles. The highest BCUT2D eigenvalue weighted by Crippen LogP contribution is 2.39. The molecular formula is C15H15Cl2N3O. The van der Waals surface area contributed by atoms with E-state index in [-0.39, 0.29) is 0 Å². The predicted octanol–water partition coefficient (Wildman–Crippen LogP) is 4.35. The Labute approximate surface area is 133 Å². The maximum absolute atomic E-state index is 6.35. The number of para-hydroxylation sites is 2. The highest BCUT2D eigenvalue weighted by molar-refractivity contribution is 6.37. The maximum atomic E-state index is 6.35. The van der Waals surface area contributed by atoms with Gasteiger partial charge in [0.1, 0.15) is 11.6 Å². The fourth-order valence-electron chi connectivity index (χ4n) is 2.37. The lowest BCUT2D eigenvalue weighted by atomic mass is 10.2. The van der Waals surface area contributed by atoms with Crippen LogP contribution in [0.1, 0.15) is 6.42 Å². The van der Waals surface area contributed by atoms with Gasteiger partial charge in [0, 0.05) is 13.6 Å². The van der Waals surface area contributed by atoms with Gasteiger partial charge in [-0.25, -0.2) is 4.98 Å². The Morgan fingerprint density at radius 3 is 2.86 bits per heavy atom. The molecule has 0 spiro atoms. The molecule has 3 rings (SSSR count). The predicted molar refractivity (Wildman–Crippen MR) is 87.4 cm³/mol. The van der Waals surface area contributed by atoms with Gasteiger partial charge in [-0.3, -0.25) is 0 Å². The van der Waals surface area contributed by atoms with E-state index in [9.17, 15) is 0 Å². The number of benzene rings is 1. The van der Waals surface area contributed by atoms with Crippen molar-refractivity contribution >= 4 is 40.5 Å². The Balaban J connectivity index is 2.12. The van der Waals surface area contributed by atoms with Gasteiger partial charge in [-0.05, 0) is 24.6 Å². The fraction of sp³-hybridized carbons (Fsp3) is 0.267. The van der Waals surface area contributed by atoms with Crippen LogP contribution < -0.4 is 15.0 Å². The monoisotopic (exact) mass is 323 g/mol. The van der Waals surface area contributed by atoms with Gasteiger partial charge in [0.05, 0.1) is 22.3 Å². The summed E-state index contributed by atoms with van der Waals surface area (Å²) in [5.74, 6) is 2.14. The van der Waals surface area contributed by atoms with Crippen LogP contribution in [0.2, 0.25) is 10.0 Å². The Bertz CT molecular complexity index is 663. The second-order valence-electron chi connectivity index (χ2n) is 4.70. The molecule has 21 heavy (non-hydrogen) atoms. The summed E-state index contributed by atoms with van der Waals surface area (Å²) < 4.78 is 5.77. The lowest BCUT2D eigenvalue weighted by molar-refractivity contribution is 0.322. The molecule has 2 heterocycles. The first kappa shape index (κ1) is 14.3. The molecule has 0 saturated carbocycles. The molecule has 0 atom stereocenters. The van der Waals surface area contributed by atoms with Gasteiger partial charge in [-0.2, -0.15) is 0 Å². The number of hydrogen-bond acceptors (Lipinski definition) is 4. The molecule has 1 aromatic carbocycles. The summed E-state index contributed by atoms with van der Waals surface area (Å²) in [6.07, 6.45) is 0.893. The SMILES string of the molecule is CNc1nc(N2CCCOc3ccccc32)c(Cl)cc1Cl. The third kappa shape index (κ3) is 2.74. The van der Waals surface area contributed by atoms with Crippen LogP contribution in [0.4, 0.5) is 17.3 Å². The first-order valence-corrected chi connectivity index (χ1v) is 7.49. The average Bonchev–Trinajstić information content (AvgIpc) is 2.70. The minimum atomic E-state index is 0.505. The molecule has 6 heteroatoms. The molecule has 2 aromatic rings. The molecule has 0 saturated heterocycles. The number of nitrogens with one attached hydrogen (secondary N) is 1. The standard InChI is InChI=1S/C15H15Cl2N3O/c1-18-14-10(16)9-11(17)15(19-14)20-7-4-8-21-13-6-3-2-5-12(13)20/h2-3,5-6,9H,4,7-8H2,1H3,(H,18,19). The van der Waals surface area contributed by atoms with Crippen molar-refractivity contribution < 1.29 is 4.74 Å². The maximum Gasteiger partial charge on any atom is 0.154 e. The van der Waals surface area contributed by atoms with Crippen molar-refractivity contribution in [3.05, 3.63) is 40.4 Å². The molecule has 4 nitrogen and oxygen atoms in total. The molecule has 0 unspecified atom stereocenters. The van der Waals surface area contributed by atoms with Crippen molar-refractivity contribution in [1.29, 1.82) is 0 Å². The second-order valence-corrected chi connectivity index (χ2v) is 5.51. The number of fused-ring (bicyclic) bond motifs is 1. The van der Waals surface area contributed by atoms with E-state index in [2.05, 4.69) is 15.2 Å². The highest BCUT2D eigenvalue weighted by Gasteiger charge is 2.21. The zero-order valence-electron chi connectivity index (χ0n) is 11.6. The summed E-state index contributed by atoms with van der Waals surface area (Å²) in [5, 5.41) is 4.01. The number of halogens is 2. The summed E-state index contributed by atoms with van der Waals surface area (Å²) in [5.41, 5.74) is 0.966. The number of rotatable bonds is 2. The van der Waals surface area contributed by atoms with Gasteiger partial charge in [-0.1, -0.05) is 35.3 Å². The van der Waals surface area contributed by atoms with E-state index in [0.29, 0.717) is 28.3 Å². The third-order valence-electron chi connectivity index (χ3n) is 3.34.